The maximum absolute atomic E-state index is 12.6. The first-order valence-electron chi connectivity index (χ1n) is 8.00. The van der Waals surface area contributed by atoms with Gasteiger partial charge in [0.25, 0.3) is 5.91 Å². The van der Waals surface area contributed by atoms with Crippen molar-refractivity contribution < 1.29 is 14.3 Å². The van der Waals surface area contributed by atoms with Gasteiger partial charge in [-0.1, -0.05) is 35.9 Å². The van der Waals surface area contributed by atoms with Crippen LogP contribution in [0.5, 0.6) is 0 Å². The van der Waals surface area contributed by atoms with Crippen LogP contribution in [-0.4, -0.2) is 24.0 Å². The second kappa shape index (κ2) is 8.25. The number of thiazole rings is 1. The van der Waals surface area contributed by atoms with Crippen molar-refractivity contribution in [1.29, 1.82) is 0 Å². The van der Waals surface area contributed by atoms with E-state index < -0.39 is 6.04 Å². The van der Waals surface area contributed by atoms with Crippen molar-refractivity contribution in [2.24, 2.45) is 0 Å². The molecule has 1 unspecified atom stereocenters. The van der Waals surface area contributed by atoms with Gasteiger partial charge in [-0.15, -0.1) is 22.7 Å². The minimum Gasteiger partial charge on any atom is -0.469 e. The van der Waals surface area contributed by atoms with Crippen molar-refractivity contribution in [2.75, 3.05) is 7.11 Å². The molecule has 3 rings (SSSR count). The fourth-order valence-electron chi connectivity index (χ4n) is 2.42. The third kappa shape index (κ3) is 4.36. The van der Waals surface area contributed by atoms with Crippen molar-refractivity contribution in [3.05, 3.63) is 64.0 Å². The van der Waals surface area contributed by atoms with E-state index >= 15 is 0 Å². The smallest absolute Gasteiger partial charge is 0.307 e. The van der Waals surface area contributed by atoms with Gasteiger partial charge in [0, 0.05) is 5.38 Å². The Morgan fingerprint density at radius 2 is 1.96 bits per heavy atom. The lowest BCUT2D eigenvalue weighted by Crippen LogP contribution is -2.30. The Kier molecular flexibility index (Phi) is 5.80. The number of rotatable bonds is 6. The van der Waals surface area contributed by atoms with Gasteiger partial charge in [0.15, 0.2) is 0 Å². The first kappa shape index (κ1) is 18.3. The molecular formula is C19H18N2O3S2. The van der Waals surface area contributed by atoms with Gasteiger partial charge in [-0.2, -0.15) is 0 Å². The van der Waals surface area contributed by atoms with Crippen LogP contribution in [0.3, 0.4) is 0 Å². The molecule has 3 aromatic rings. The number of methoxy groups -OCH3 is 1. The number of aromatic nitrogens is 1. The van der Waals surface area contributed by atoms with E-state index in [4.69, 9.17) is 4.74 Å². The molecule has 0 bridgehead atoms. The first-order valence-corrected chi connectivity index (χ1v) is 9.76. The normalized spacial score (nSPS) is 11.8. The topological polar surface area (TPSA) is 68.3 Å². The second-order valence-electron chi connectivity index (χ2n) is 5.73. The van der Waals surface area contributed by atoms with Crippen LogP contribution in [0.15, 0.2) is 47.2 Å². The van der Waals surface area contributed by atoms with Crippen molar-refractivity contribution >= 4 is 34.6 Å². The molecular weight excluding hydrogens is 368 g/mol. The molecule has 1 amide bonds. The van der Waals surface area contributed by atoms with E-state index in [1.54, 1.807) is 16.7 Å². The summed E-state index contributed by atoms with van der Waals surface area (Å²) in [5.74, 6) is -0.688. The molecule has 0 fully saturated rings. The maximum Gasteiger partial charge on any atom is 0.307 e. The number of carbonyl (C=O) groups is 2. The summed E-state index contributed by atoms with van der Waals surface area (Å²) in [4.78, 5) is 29.8. The molecule has 5 nitrogen and oxygen atoms in total. The van der Waals surface area contributed by atoms with Crippen LogP contribution in [0.4, 0.5) is 0 Å². The largest absolute Gasteiger partial charge is 0.469 e. The zero-order valence-corrected chi connectivity index (χ0v) is 16.0. The number of benzene rings is 1. The van der Waals surface area contributed by atoms with Gasteiger partial charge in [0.1, 0.15) is 10.7 Å². The lowest BCUT2D eigenvalue weighted by atomic mass is 10.0. The Morgan fingerprint density at radius 3 is 2.62 bits per heavy atom. The number of hydrogen-bond acceptors (Lipinski definition) is 6. The van der Waals surface area contributed by atoms with E-state index in [9.17, 15) is 9.59 Å². The average Bonchev–Trinajstić information content (AvgIpc) is 3.33. The van der Waals surface area contributed by atoms with Gasteiger partial charge >= 0.3 is 5.97 Å². The minimum absolute atomic E-state index is 0.0627. The number of hydrogen-bond donors (Lipinski definition) is 1. The molecule has 1 aromatic carbocycles. The number of amides is 1. The number of ether oxygens (including phenoxy) is 1. The summed E-state index contributed by atoms with van der Waals surface area (Å²) < 4.78 is 4.76. The molecule has 0 aliphatic heterocycles. The monoisotopic (exact) mass is 386 g/mol. The Balaban J connectivity index is 1.78. The highest BCUT2D eigenvalue weighted by atomic mass is 32.1. The van der Waals surface area contributed by atoms with Gasteiger partial charge in [-0.25, -0.2) is 4.98 Å². The first-order chi connectivity index (χ1) is 12.6. The summed E-state index contributed by atoms with van der Waals surface area (Å²) >= 11 is 3.01. The predicted molar refractivity (Wildman–Crippen MR) is 103 cm³/mol. The van der Waals surface area contributed by atoms with Crippen molar-refractivity contribution in [2.45, 2.75) is 19.4 Å². The number of nitrogens with one attached hydrogen (secondary N) is 1. The third-order valence-corrected chi connectivity index (χ3v) is 5.73. The van der Waals surface area contributed by atoms with Crippen molar-refractivity contribution in [1.82, 2.24) is 10.3 Å². The highest BCUT2D eigenvalue weighted by molar-refractivity contribution is 7.20. The molecule has 7 heteroatoms. The maximum atomic E-state index is 12.6. The molecule has 0 saturated heterocycles. The molecule has 0 spiro atoms. The van der Waals surface area contributed by atoms with E-state index in [1.165, 1.54) is 18.4 Å². The highest BCUT2D eigenvalue weighted by Gasteiger charge is 2.21. The Bertz CT molecular complexity index is 886. The third-order valence-electron chi connectivity index (χ3n) is 3.85. The van der Waals surface area contributed by atoms with E-state index in [2.05, 4.69) is 10.3 Å². The summed E-state index contributed by atoms with van der Waals surface area (Å²) in [6.45, 7) is 1.99. The average molecular weight is 386 g/mol. The van der Waals surface area contributed by atoms with Crippen LogP contribution < -0.4 is 5.32 Å². The minimum atomic E-state index is -0.470. The Morgan fingerprint density at radius 1 is 1.19 bits per heavy atom. The Hall–Kier alpha value is -2.51. The van der Waals surface area contributed by atoms with Crippen LogP contribution in [0.1, 0.15) is 34.1 Å². The summed E-state index contributed by atoms with van der Waals surface area (Å²) in [7, 11) is 1.34. The molecule has 1 atom stereocenters. The number of thiophene rings is 1. The quantitative estimate of drug-likeness (QED) is 0.644. The van der Waals surface area contributed by atoms with Crippen LogP contribution in [0.2, 0.25) is 0 Å². The SMILES string of the molecule is COC(=O)CC(NC(=O)c1csc(-c2cccs2)n1)c1ccc(C)cc1. The second-order valence-corrected chi connectivity index (χ2v) is 7.54. The van der Waals surface area contributed by atoms with E-state index in [-0.39, 0.29) is 18.3 Å². The van der Waals surface area contributed by atoms with Gasteiger partial charge in [0.05, 0.1) is 24.4 Å². The van der Waals surface area contributed by atoms with Gasteiger partial charge < -0.3 is 10.1 Å². The van der Waals surface area contributed by atoms with Crippen LogP contribution >= 0.6 is 22.7 Å². The van der Waals surface area contributed by atoms with Crippen molar-refractivity contribution in [3.63, 3.8) is 0 Å². The van der Waals surface area contributed by atoms with E-state index in [0.717, 1.165) is 21.0 Å². The van der Waals surface area contributed by atoms with Crippen molar-refractivity contribution in [3.8, 4) is 9.88 Å². The summed E-state index contributed by atoms with van der Waals surface area (Å²) in [5.41, 5.74) is 2.31. The number of aryl methyl sites for hydroxylation is 1. The predicted octanol–water partition coefficient (Wildman–Crippen LogP) is 4.21. The number of carbonyl (C=O) groups excluding carboxylic acids is 2. The Labute approximate surface area is 159 Å². The molecule has 0 saturated carbocycles. The molecule has 0 aliphatic carbocycles. The number of esters is 1. The molecule has 134 valence electrons. The summed E-state index contributed by atoms with van der Waals surface area (Å²) in [6, 6.07) is 11.2. The van der Waals surface area contributed by atoms with Gasteiger partial charge in [-0.05, 0) is 23.9 Å². The molecule has 0 aliphatic rings. The number of nitrogens with zero attached hydrogens (tertiary/aromatic N) is 1. The fraction of sp³-hybridized carbons (Fsp3) is 0.211. The molecule has 26 heavy (non-hydrogen) atoms. The lowest BCUT2D eigenvalue weighted by molar-refractivity contribution is -0.141. The highest BCUT2D eigenvalue weighted by Crippen LogP contribution is 2.28. The fourth-order valence-corrected chi connectivity index (χ4v) is 4.04. The zero-order chi connectivity index (χ0) is 18.5. The van der Waals surface area contributed by atoms with Gasteiger partial charge in [0.2, 0.25) is 0 Å². The molecule has 0 radical (unpaired) electrons. The zero-order valence-electron chi connectivity index (χ0n) is 14.4. The van der Waals surface area contributed by atoms with Gasteiger partial charge in [-0.3, -0.25) is 9.59 Å². The lowest BCUT2D eigenvalue weighted by Gasteiger charge is -2.18. The van der Waals surface area contributed by atoms with E-state index in [1.807, 2.05) is 48.7 Å². The van der Waals surface area contributed by atoms with Crippen LogP contribution in [-0.2, 0) is 9.53 Å². The molecule has 2 heterocycles. The van der Waals surface area contributed by atoms with E-state index in [0.29, 0.717) is 5.69 Å². The molecule has 1 N–H and O–H groups in total. The summed E-state index contributed by atoms with van der Waals surface area (Å²) in [5, 5.41) is 7.41. The van der Waals surface area contributed by atoms with Crippen LogP contribution in [0, 0.1) is 6.92 Å². The standard InChI is InChI=1S/C19H18N2O3S2/c1-12-5-7-13(8-6-12)14(10-17(22)24-2)20-18(23)15-11-26-19(21-15)16-4-3-9-25-16/h3-9,11,14H,10H2,1-2H3,(H,20,23). The summed E-state index contributed by atoms with van der Waals surface area (Å²) in [6.07, 6.45) is 0.0627. The molecule has 2 aromatic heterocycles. The van der Waals surface area contributed by atoms with Crippen LogP contribution in [0.25, 0.3) is 9.88 Å².